The summed E-state index contributed by atoms with van der Waals surface area (Å²) in [5, 5.41) is 15.5. The molecule has 0 radical (unpaired) electrons. The van der Waals surface area contributed by atoms with Crippen molar-refractivity contribution in [1.29, 1.82) is 0 Å². The van der Waals surface area contributed by atoms with E-state index in [1.54, 1.807) is 52.4 Å². The molecule has 4 heterocycles. The molecule has 0 saturated carbocycles. The van der Waals surface area contributed by atoms with E-state index in [0.717, 1.165) is 11.3 Å². The van der Waals surface area contributed by atoms with Crippen LogP contribution in [0.2, 0.25) is 5.02 Å². The van der Waals surface area contributed by atoms with E-state index >= 15 is 0 Å². The highest BCUT2D eigenvalue weighted by molar-refractivity contribution is 7.11. The van der Waals surface area contributed by atoms with Crippen molar-refractivity contribution in [2.75, 3.05) is 57.9 Å². The highest BCUT2D eigenvalue weighted by Crippen LogP contribution is 2.37. The molecule has 2 atom stereocenters. The Kier molecular flexibility index (Phi) is 12.2. The fourth-order valence-electron chi connectivity index (χ4n) is 7.68. The number of rotatable bonds is 13. The van der Waals surface area contributed by atoms with Gasteiger partial charge in [0.15, 0.2) is 10.8 Å². The number of carbonyl (C=O) groups excluding carboxylic acids is 3. The van der Waals surface area contributed by atoms with Crippen LogP contribution in [0.3, 0.4) is 0 Å². The summed E-state index contributed by atoms with van der Waals surface area (Å²) in [5.41, 5.74) is 3.45. The molecular weight excluding hydrogens is 809 g/mol. The molecule has 3 aliphatic heterocycles. The van der Waals surface area contributed by atoms with E-state index in [4.69, 9.17) is 26.1 Å². The average Bonchev–Trinajstić information content (AvgIpc) is 3.92. The third-order valence-electron chi connectivity index (χ3n) is 10.6. The van der Waals surface area contributed by atoms with Gasteiger partial charge in [0.05, 0.1) is 25.3 Å². The van der Waals surface area contributed by atoms with Crippen LogP contribution < -0.4 is 15.0 Å². The van der Waals surface area contributed by atoms with Crippen LogP contribution in [0.25, 0.3) is 0 Å². The standard InChI is InChI=1S/C44H41ClFN7O6S/c1-58-43(56)38-37(48-40(41-47-17-22-60-41)49-39(38)35-16-9-30(46)23-36(35)45)27-50-18-19-52-32(25-50)26-53(44(52)57)31-10-14-34(15-11-31)59-33-12-7-29(8-13-33)42(55)51(20-21-54)24-28-5-3-2-4-6-28/h2-17,22-23,32,39,54H,18-21,24-27H2,1H3,(H,48,49)/t32-,39-/m0/s1. The fraction of sp³-hybridized carbons (Fsp3) is 0.250. The van der Waals surface area contributed by atoms with Crippen LogP contribution in [0.15, 0.2) is 125 Å². The van der Waals surface area contributed by atoms with Gasteiger partial charge in [0.2, 0.25) is 0 Å². The minimum atomic E-state index is -0.875. The fourth-order valence-corrected chi connectivity index (χ4v) is 8.54. The van der Waals surface area contributed by atoms with Crippen LogP contribution in [-0.4, -0.2) is 108 Å². The number of hydrogen-bond donors (Lipinski definition) is 2. The summed E-state index contributed by atoms with van der Waals surface area (Å²) in [6.45, 7) is 2.79. The third kappa shape index (κ3) is 8.75. The lowest BCUT2D eigenvalue weighted by molar-refractivity contribution is -0.136. The minimum Gasteiger partial charge on any atom is -0.466 e. The molecule has 308 valence electrons. The lowest BCUT2D eigenvalue weighted by atomic mass is 9.95. The molecule has 8 rings (SSSR count). The maximum absolute atomic E-state index is 14.1. The number of fused-ring (bicyclic) bond motifs is 1. The molecule has 3 amide bonds. The lowest BCUT2D eigenvalue weighted by Crippen LogP contribution is -2.53. The van der Waals surface area contributed by atoms with Crippen molar-refractivity contribution in [3.63, 3.8) is 0 Å². The Morgan fingerprint density at radius 1 is 1.00 bits per heavy atom. The first-order chi connectivity index (χ1) is 29.2. The number of hydrogen-bond acceptors (Lipinski definition) is 11. The van der Waals surface area contributed by atoms with E-state index in [-0.39, 0.29) is 41.7 Å². The molecule has 0 spiro atoms. The minimum absolute atomic E-state index is 0.0921. The Labute approximate surface area is 354 Å². The van der Waals surface area contributed by atoms with Gasteiger partial charge in [0.1, 0.15) is 23.4 Å². The van der Waals surface area contributed by atoms with Gasteiger partial charge in [-0.2, -0.15) is 0 Å². The molecule has 4 aromatic carbocycles. The molecule has 2 fully saturated rings. The van der Waals surface area contributed by atoms with Crippen LogP contribution in [0.4, 0.5) is 14.9 Å². The predicted octanol–water partition coefficient (Wildman–Crippen LogP) is 6.51. The number of nitrogens with one attached hydrogen (secondary N) is 1. The molecule has 1 aromatic heterocycles. The molecule has 0 bridgehead atoms. The summed E-state index contributed by atoms with van der Waals surface area (Å²) in [7, 11) is 1.30. The zero-order valence-electron chi connectivity index (χ0n) is 32.5. The van der Waals surface area contributed by atoms with Gasteiger partial charge in [0, 0.05) is 84.9 Å². The second kappa shape index (κ2) is 18.0. The molecule has 16 heteroatoms. The van der Waals surface area contributed by atoms with Gasteiger partial charge in [-0.15, -0.1) is 11.3 Å². The normalized spacial score (nSPS) is 17.9. The molecule has 0 aliphatic carbocycles. The number of esters is 1. The molecule has 5 aromatic rings. The second-order valence-corrected chi connectivity index (χ2v) is 15.7. The Morgan fingerprint density at radius 2 is 1.75 bits per heavy atom. The molecule has 2 N–H and O–H groups in total. The van der Waals surface area contributed by atoms with Crippen molar-refractivity contribution in [2.24, 2.45) is 4.99 Å². The topological polar surface area (TPSA) is 140 Å². The monoisotopic (exact) mass is 849 g/mol. The highest BCUT2D eigenvalue weighted by Gasteiger charge is 2.42. The number of piperazine rings is 1. The summed E-state index contributed by atoms with van der Waals surface area (Å²) in [4.78, 5) is 57.1. The number of aliphatic imine (C=N–C) groups is 1. The smallest absolute Gasteiger partial charge is 0.338 e. The first-order valence-corrected chi connectivity index (χ1v) is 20.6. The molecule has 60 heavy (non-hydrogen) atoms. The number of aliphatic hydroxyl groups is 1. The van der Waals surface area contributed by atoms with Gasteiger partial charge in [-0.25, -0.2) is 19.0 Å². The number of carbonyl (C=O) groups is 3. The van der Waals surface area contributed by atoms with Crippen molar-refractivity contribution in [1.82, 2.24) is 25.0 Å². The number of aromatic nitrogens is 1. The Balaban J connectivity index is 0.930. The number of urea groups is 1. The van der Waals surface area contributed by atoms with Crippen molar-refractivity contribution in [3.05, 3.63) is 152 Å². The second-order valence-electron chi connectivity index (χ2n) is 14.4. The molecular formula is C44H41ClFN7O6S. The summed E-state index contributed by atoms with van der Waals surface area (Å²) in [6.07, 6.45) is 1.66. The first-order valence-electron chi connectivity index (χ1n) is 19.3. The summed E-state index contributed by atoms with van der Waals surface area (Å²) in [6, 6.07) is 26.7. The van der Waals surface area contributed by atoms with Crippen LogP contribution >= 0.6 is 22.9 Å². The summed E-state index contributed by atoms with van der Waals surface area (Å²) in [5.74, 6) is 0.273. The van der Waals surface area contributed by atoms with Gasteiger partial charge in [-0.3, -0.25) is 19.6 Å². The maximum atomic E-state index is 14.1. The van der Waals surface area contributed by atoms with Crippen molar-refractivity contribution < 1.29 is 33.4 Å². The van der Waals surface area contributed by atoms with Crippen LogP contribution in [0, 0.1) is 5.82 Å². The van der Waals surface area contributed by atoms with E-state index in [1.807, 2.05) is 52.7 Å². The van der Waals surface area contributed by atoms with Crippen molar-refractivity contribution in [2.45, 2.75) is 18.6 Å². The van der Waals surface area contributed by atoms with E-state index in [2.05, 4.69) is 15.2 Å². The number of ether oxygens (including phenoxy) is 2. The number of anilines is 1. The van der Waals surface area contributed by atoms with Gasteiger partial charge in [0.25, 0.3) is 5.91 Å². The number of thiazole rings is 1. The SMILES string of the molecule is COC(=O)C1=C(CN2CCN3C(=O)N(c4ccc(Oc5ccc(C(=O)N(CCO)Cc6ccccc6)cc5)cc4)C[C@@H]3C2)NC(c2nccs2)=N[C@H]1c1ccc(F)cc1Cl. The number of aliphatic hydroxyl groups excluding tert-OH is 1. The number of nitrogens with zero attached hydrogens (tertiary/aromatic N) is 6. The van der Waals surface area contributed by atoms with Crippen LogP contribution in [0.1, 0.15) is 32.5 Å². The van der Waals surface area contributed by atoms with E-state index in [9.17, 15) is 23.9 Å². The quantitative estimate of drug-likeness (QED) is 0.127. The van der Waals surface area contributed by atoms with E-state index < -0.39 is 17.8 Å². The maximum Gasteiger partial charge on any atom is 0.338 e. The Bertz CT molecular complexity index is 2420. The van der Waals surface area contributed by atoms with Gasteiger partial charge in [-0.05, 0) is 66.2 Å². The number of amidine groups is 1. The Morgan fingerprint density at radius 3 is 2.43 bits per heavy atom. The lowest BCUT2D eigenvalue weighted by Gasteiger charge is -2.38. The summed E-state index contributed by atoms with van der Waals surface area (Å²) >= 11 is 7.91. The largest absolute Gasteiger partial charge is 0.466 e. The average molecular weight is 850 g/mol. The number of methoxy groups -OCH3 is 1. The number of amides is 3. The van der Waals surface area contributed by atoms with Crippen LogP contribution in [0.5, 0.6) is 11.5 Å². The van der Waals surface area contributed by atoms with Gasteiger partial charge in [-0.1, -0.05) is 48.0 Å². The van der Waals surface area contributed by atoms with Crippen molar-refractivity contribution >= 4 is 52.4 Å². The van der Waals surface area contributed by atoms with Crippen LogP contribution in [-0.2, 0) is 16.1 Å². The molecule has 2 saturated heterocycles. The third-order valence-corrected chi connectivity index (χ3v) is 11.7. The number of halogens is 2. The predicted molar refractivity (Wildman–Crippen MR) is 226 cm³/mol. The highest BCUT2D eigenvalue weighted by atomic mass is 35.5. The number of benzene rings is 4. The van der Waals surface area contributed by atoms with Gasteiger partial charge < -0.3 is 29.7 Å². The summed E-state index contributed by atoms with van der Waals surface area (Å²) < 4.78 is 25.4. The van der Waals surface area contributed by atoms with Gasteiger partial charge >= 0.3 is 12.0 Å². The zero-order valence-corrected chi connectivity index (χ0v) is 34.1. The van der Waals surface area contributed by atoms with E-state index in [0.29, 0.717) is 78.4 Å². The van der Waals surface area contributed by atoms with Crippen molar-refractivity contribution in [3.8, 4) is 11.5 Å². The molecule has 13 nitrogen and oxygen atoms in total. The first kappa shape index (κ1) is 40.6. The molecule has 3 aliphatic rings. The Hall–Kier alpha value is -6.13. The molecule has 0 unspecified atom stereocenters. The zero-order chi connectivity index (χ0) is 41.8. The van der Waals surface area contributed by atoms with E-state index in [1.165, 1.54) is 36.6 Å².